The van der Waals surface area contributed by atoms with Crippen LogP contribution in [0.25, 0.3) is 0 Å². The number of rotatable bonds is 4. The first-order valence-electron chi connectivity index (χ1n) is 6.18. The van der Waals surface area contributed by atoms with Gasteiger partial charge in [0.2, 0.25) is 0 Å². The lowest BCUT2D eigenvalue weighted by Crippen LogP contribution is -2.09. The molecule has 0 aromatic heterocycles. The van der Waals surface area contributed by atoms with Crippen LogP contribution in [0.15, 0.2) is 42.5 Å². The Hall–Kier alpha value is -2.08. The second kappa shape index (κ2) is 6.13. The summed E-state index contributed by atoms with van der Waals surface area (Å²) < 4.78 is 56.3. The molecule has 0 atom stereocenters. The van der Waals surface area contributed by atoms with Crippen molar-refractivity contribution in [3.05, 3.63) is 65.0 Å². The third-order valence-corrected chi connectivity index (χ3v) is 2.98. The van der Waals surface area contributed by atoms with E-state index >= 15 is 0 Å². The van der Waals surface area contributed by atoms with Crippen LogP contribution in [0.1, 0.15) is 16.7 Å². The zero-order valence-corrected chi connectivity index (χ0v) is 11.0. The van der Waals surface area contributed by atoms with Gasteiger partial charge in [-0.2, -0.15) is 13.2 Å². The van der Waals surface area contributed by atoms with E-state index in [1.807, 2.05) is 12.1 Å². The van der Waals surface area contributed by atoms with Gasteiger partial charge in [-0.1, -0.05) is 24.3 Å². The van der Waals surface area contributed by atoms with E-state index < -0.39 is 17.6 Å². The first kappa shape index (κ1) is 15.3. The number of hydrogen-bond donors (Lipinski definition) is 1. The molecule has 2 rings (SSSR count). The molecule has 0 bridgehead atoms. The lowest BCUT2D eigenvalue weighted by atomic mass is 10.1. The molecular weight excluding hydrogens is 286 g/mol. The van der Waals surface area contributed by atoms with E-state index in [-0.39, 0.29) is 12.4 Å². The molecule has 2 N–H and O–H groups in total. The van der Waals surface area contributed by atoms with Crippen LogP contribution in [-0.4, -0.2) is 0 Å². The van der Waals surface area contributed by atoms with Crippen LogP contribution in [0.3, 0.4) is 0 Å². The molecule has 2 aromatic carbocycles. The zero-order chi connectivity index (χ0) is 15.5. The largest absolute Gasteiger partial charge is 0.489 e. The average Bonchev–Trinajstić information content (AvgIpc) is 2.45. The van der Waals surface area contributed by atoms with Gasteiger partial charge in [-0.05, 0) is 29.3 Å². The molecule has 6 heteroatoms. The topological polar surface area (TPSA) is 35.2 Å². The van der Waals surface area contributed by atoms with Crippen molar-refractivity contribution in [3.8, 4) is 5.75 Å². The van der Waals surface area contributed by atoms with Crippen LogP contribution >= 0.6 is 0 Å². The summed E-state index contributed by atoms with van der Waals surface area (Å²) in [6, 6.07) is 9.74. The van der Waals surface area contributed by atoms with Gasteiger partial charge in [0.25, 0.3) is 0 Å². The fourth-order valence-electron chi connectivity index (χ4n) is 1.87. The Labute approximate surface area is 119 Å². The van der Waals surface area contributed by atoms with Crippen molar-refractivity contribution in [1.82, 2.24) is 0 Å². The maximum atomic E-state index is 13.2. The minimum atomic E-state index is -4.75. The highest BCUT2D eigenvalue weighted by atomic mass is 19.4. The van der Waals surface area contributed by atoms with E-state index in [1.54, 1.807) is 12.1 Å². The van der Waals surface area contributed by atoms with Crippen LogP contribution in [0, 0.1) is 5.82 Å². The first-order valence-corrected chi connectivity index (χ1v) is 6.18. The third-order valence-electron chi connectivity index (χ3n) is 2.98. The summed E-state index contributed by atoms with van der Waals surface area (Å²) >= 11 is 0. The number of alkyl halides is 3. The minimum Gasteiger partial charge on any atom is -0.489 e. The fourth-order valence-corrected chi connectivity index (χ4v) is 1.87. The molecule has 0 amide bonds. The smallest absolute Gasteiger partial charge is 0.419 e. The summed E-state index contributed by atoms with van der Waals surface area (Å²) in [5.74, 6) is -1.37. The lowest BCUT2D eigenvalue weighted by Gasteiger charge is -2.12. The molecule has 21 heavy (non-hydrogen) atoms. The molecule has 112 valence electrons. The Morgan fingerprint density at radius 1 is 1.00 bits per heavy atom. The highest BCUT2D eigenvalue weighted by Gasteiger charge is 2.34. The number of nitrogens with two attached hydrogens (primary N) is 1. The predicted molar refractivity (Wildman–Crippen MR) is 70.1 cm³/mol. The lowest BCUT2D eigenvalue weighted by molar-refractivity contribution is -0.140. The molecular formula is C15H13F4NO. The SMILES string of the molecule is NCc1ccccc1COc1ccc(F)c(C(F)(F)F)c1. The maximum Gasteiger partial charge on any atom is 0.419 e. The van der Waals surface area contributed by atoms with Crippen molar-refractivity contribution < 1.29 is 22.3 Å². The second-order valence-electron chi connectivity index (χ2n) is 4.40. The summed E-state index contributed by atoms with van der Waals surface area (Å²) in [5.41, 5.74) is 5.85. The summed E-state index contributed by atoms with van der Waals surface area (Å²) in [4.78, 5) is 0. The number of hydrogen-bond acceptors (Lipinski definition) is 2. The highest BCUT2D eigenvalue weighted by molar-refractivity contribution is 5.32. The summed E-state index contributed by atoms with van der Waals surface area (Å²) in [6.07, 6.45) is -4.75. The number of benzene rings is 2. The Bertz CT molecular complexity index is 625. The summed E-state index contributed by atoms with van der Waals surface area (Å²) in [6.45, 7) is 0.368. The van der Waals surface area contributed by atoms with E-state index in [0.717, 1.165) is 23.3 Å². The van der Waals surface area contributed by atoms with Crippen molar-refractivity contribution in [1.29, 1.82) is 0 Å². The molecule has 0 radical (unpaired) electrons. The molecule has 0 aliphatic rings. The van der Waals surface area contributed by atoms with Gasteiger partial charge < -0.3 is 10.5 Å². The third kappa shape index (κ3) is 3.72. The summed E-state index contributed by atoms with van der Waals surface area (Å²) in [5, 5.41) is 0. The van der Waals surface area contributed by atoms with Crippen molar-refractivity contribution >= 4 is 0 Å². The Morgan fingerprint density at radius 2 is 1.67 bits per heavy atom. The zero-order valence-electron chi connectivity index (χ0n) is 11.0. The van der Waals surface area contributed by atoms with Gasteiger partial charge in [0.1, 0.15) is 18.2 Å². The van der Waals surface area contributed by atoms with Gasteiger partial charge in [-0.15, -0.1) is 0 Å². The van der Waals surface area contributed by atoms with Crippen molar-refractivity contribution in [2.75, 3.05) is 0 Å². The van der Waals surface area contributed by atoms with Gasteiger partial charge in [-0.25, -0.2) is 4.39 Å². The second-order valence-corrected chi connectivity index (χ2v) is 4.40. The van der Waals surface area contributed by atoms with Crippen molar-refractivity contribution in [3.63, 3.8) is 0 Å². The predicted octanol–water partition coefficient (Wildman–Crippen LogP) is 3.88. The van der Waals surface area contributed by atoms with Crippen molar-refractivity contribution in [2.45, 2.75) is 19.3 Å². The van der Waals surface area contributed by atoms with Gasteiger partial charge in [0, 0.05) is 6.54 Å². The first-order chi connectivity index (χ1) is 9.91. The molecule has 0 aliphatic carbocycles. The molecule has 0 saturated carbocycles. The summed E-state index contributed by atoms with van der Waals surface area (Å²) in [7, 11) is 0. The molecule has 2 aromatic rings. The fraction of sp³-hybridized carbons (Fsp3) is 0.200. The van der Waals surface area contributed by atoms with E-state index in [2.05, 4.69) is 0 Å². The van der Waals surface area contributed by atoms with Crippen LogP contribution in [-0.2, 0) is 19.3 Å². The van der Waals surface area contributed by atoms with Crippen LogP contribution in [0.4, 0.5) is 17.6 Å². The number of halogens is 4. The van der Waals surface area contributed by atoms with Crippen LogP contribution in [0.5, 0.6) is 5.75 Å². The Balaban J connectivity index is 2.17. The van der Waals surface area contributed by atoms with E-state index in [4.69, 9.17) is 10.5 Å². The van der Waals surface area contributed by atoms with Crippen LogP contribution in [0.2, 0.25) is 0 Å². The highest BCUT2D eigenvalue weighted by Crippen LogP contribution is 2.33. The van der Waals surface area contributed by atoms with Crippen molar-refractivity contribution in [2.24, 2.45) is 5.73 Å². The molecule has 0 unspecified atom stereocenters. The van der Waals surface area contributed by atoms with Gasteiger partial charge in [0.05, 0.1) is 5.56 Å². The molecule has 0 aliphatic heterocycles. The Morgan fingerprint density at radius 3 is 2.29 bits per heavy atom. The molecule has 2 nitrogen and oxygen atoms in total. The quantitative estimate of drug-likeness (QED) is 0.870. The van der Waals surface area contributed by atoms with E-state index in [1.165, 1.54) is 0 Å². The average molecular weight is 299 g/mol. The van der Waals surface area contributed by atoms with Crippen LogP contribution < -0.4 is 10.5 Å². The monoisotopic (exact) mass is 299 g/mol. The molecule has 0 saturated heterocycles. The standard InChI is InChI=1S/C15H13F4NO/c16-14-6-5-12(7-13(14)15(17,18)19)21-9-11-4-2-1-3-10(11)8-20/h1-7H,8-9,20H2. The molecule has 0 heterocycles. The Kier molecular flexibility index (Phi) is 4.47. The number of ether oxygens (including phenoxy) is 1. The van der Waals surface area contributed by atoms with Gasteiger partial charge in [-0.3, -0.25) is 0 Å². The normalized spacial score (nSPS) is 11.5. The maximum absolute atomic E-state index is 13.2. The van der Waals surface area contributed by atoms with E-state index in [0.29, 0.717) is 12.6 Å². The van der Waals surface area contributed by atoms with Gasteiger partial charge in [0.15, 0.2) is 0 Å². The van der Waals surface area contributed by atoms with Gasteiger partial charge >= 0.3 is 6.18 Å². The minimum absolute atomic E-state index is 0.0458. The molecule has 0 fully saturated rings. The van der Waals surface area contributed by atoms with E-state index in [9.17, 15) is 17.6 Å². The molecule has 0 spiro atoms.